The fourth-order valence-corrected chi connectivity index (χ4v) is 3.24. The summed E-state index contributed by atoms with van der Waals surface area (Å²) < 4.78 is 12.1. The maximum Gasteiger partial charge on any atom is 0.146 e. The van der Waals surface area contributed by atoms with Crippen LogP contribution >= 0.6 is 0 Å². The summed E-state index contributed by atoms with van der Waals surface area (Å²) in [7, 11) is 0. The number of hydrogen-bond acceptors (Lipinski definition) is 4. The van der Waals surface area contributed by atoms with Gasteiger partial charge in [0.1, 0.15) is 23.7 Å². The number of rotatable bonds is 5. The molecule has 4 nitrogen and oxygen atoms in total. The molecule has 0 saturated carbocycles. The van der Waals surface area contributed by atoms with Crippen LogP contribution in [0.3, 0.4) is 0 Å². The first-order valence-corrected chi connectivity index (χ1v) is 8.53. The molecule has 0 amide bonds. The van der Waals surface area contributed by atoms with Crippen LogP contribution in [-0.2, 0) is 5.60 Å². The fraction of sp³-hybridized carbons (Fsp3) is 0.450. The number of benzene rings is 1. The van der Waals surface area contributed by atoms with Crippen LogP contribution in [0.1, 0.15) is 39.7 Å². The van der Waals surface area contributed by atoms with Gasteiger partial charge in [-0.05, 0) is 49.9 Å². The van der Waals surface area contributed by atoms with E-state index in [1.165, 1.54) is 5.56 Å². The molecule has 4 heteroatoms. The molecule has 24 heavy (non-hydrogen) atoms. The molecule has 1 aromatic heterocycles. The van der Waals surface area contributed by atoms with Crippen molar-refractivity contribution in [2.45, 2.75) is 45.8 Å². The summed E-state index contributed by atoms with van der Waals surface area (Å²) in [5.74, 6) is 2.23. The highest BCUT2D eigenvalue weighted by Crippen LogP contribution is 2.45. The molecule has 0 radical (unpaired) electrons. The van der Waals surface area contributed by atoms with Gasteiger partial charge in [-0.25, -0.2) is 0 Å². The Hall–Kier alpha value is -2.07. The number of nitrogens with two attached hydrogens (primary N) is 1. The highest BCUT2D eigenvalue weighted by molar-refractivity contribution is 5.76. The molecule has 3 rings (SSSR count). The largest absolute Gasteiger partial charge is 0.492 e. The summed E-state index contributed by atoms with van der Waals surface area (Å²) in [5, 5.41) is 0. The molecule has 0 saturated heterocycles. The van der Waals surface area contributed by atoms with Crippen LogP contribution in [-0.4, -0.2) is 17.6 Å². The van der Waals surface area contributed by atoms with Gasteiger partial charge < -0.3 is 15.2 Å². The number of ether oxygens (including phenoxy) is 2. The average molecular weight is 326 g/mol. The zero-order chi connectivity index (χ0) is 17.3. The SMILES string of the molecule is CC(C)C[C@H](N)COc1ccc2c(c1)C(C)(C)Oc1cnccc1-2. The third-order valence-corrected chi connectivity index (χ3v) is 4.32. The van der Waals surface area contributed by atoms with Crippen LogP contribution in [0.2, 0.25) is 0 Å². The third-order valence-electron chi connectivity index (χ3n) is 4.32. The minimum absolute atomic E-state index is 0.0529. The summed E-state index contributed by atoms with van der Waals surface area (Å²) in [6.45, 7) is 9.00. The van der Waals surface area contributed by atoms with Crippen molar-refractivity contribution in [1.82, 2.24) is 4.98 Å². The summed E-state index contributed by atoms with van der Waals surface area (Å²) >= 11 is 0. The number of hydrogen-bond donors (Lipinski definition) is 1. The van der Waals surface area contributed by atoms with Crippen LogP contribution in [0.5, 0.6) is 11.5 Å². The van der Waals surface area contributed by atoms with E-state index in [9.17, 15) is 0 Å². The molecule has 1 aliphatic heterocycles. The van der Waals surface area contributed by atoms with Gasteiger partial charge in [-0.3, -0.25) is 4.98 Å². The molecule has 2 aromatic rings. The molecule has 0 spiro atoms. The van der Waals surface area contributed by atoms with Crippen molar-refractivity contribution in [2.75, 3.05) is 6.61 Å². The second kappa shape index (κ2) is 6.44. The highest BCUT2D eigenvalue weighted by Gasteiger charge is 2.33. The van der Waals surface area contributed by atoms with Gasteiger partial charge in [-0.1, -0.05) is 19.9 Å². The molecule has 0 unspecified atom stereocenters. The Morgan fingerprint density at radius 3 is 2.75 bits per heavy atom. The van der Waals surface area contributed by atoms with E-state index in [1.807, 2.05) is 12.1 Å². The van der Waals surface area contributed by atoms with E-state index in [-0.39, 0.29) is 6.04 Å². The Labute approximate surface area is 144 Å². The van der Waals surface area contributed by atoms with Crippen molar-refractivity contribution in [3.05, 3.63) is 42.2 Å². The Balaban J connectivity index is 1.85. The maximum absolute atomic E-state index is 6.14. The molecule has 1 atom stereocenters. The summed E-state index contributed by atoms with van der Waals surface area (Å²) in [5.41, 5.74) is 9.06. The Kier molecular flexibility index (Phi) is 4.50. The van der Waals surface area contributed by atoms with Gasteiger partial charge in [-0.2, -0.15) is 0 Å². The molecule has 1 aromatic carbocycles. The fourth-order valence-electron chi connectivity index (χ4n) is 3.24. The smallest absolute Gasteiger partial charge is 0.146 e. The second-order valence-electron chi connectivity index (χ2n) is 7.39. The third kappa shape index (κ3) is 3.39. The summed E-state index contributed by atoms with van der Waals surface area (Å²) in [6, 6.07) is 8.22. The van der Waals surface area contributed by atoms with Crippen LogP contribution in [0.25, 0.3) is 11.1 Å². The van der Waals surface area contributed by atoms with Gasteiger partial charge >= 0.3 is 0 Å². The van der Waals surface area contributed by atoms with Gasteiger partial charge in [0.25, 0.3) is 0 Å². The Morgan fingerprint density at radius 1 is 1.21 bits per heavy atom. The number of nitrogens with zero attached hydrogens (tertiary/aromatic N) is 1. The number of pyridine rings is 1. The zero-order valence-electron chi connectivity index (χ0n) is 14.9. The zero-order valence-corrected chi connectivity index (χ0v) is 14.9. The average Bonchev–Trinajstić information content (AvgIpc) is 2.52. The van der Waals surface area contributed by atoms with E-state index in [4.69, 9.17) is 15.2 Å². The lowest BCUT2D eigenvalue weighted by Gasteiger charge is -2.34. The quantitative estimate of drug-likeness (QED) is 0.897. The van der Waals surface area contributed by atoms with E-state index in [0.29, 0.717) is 12.5 Å². The lowest BCUT2D eigenvalue weighted by atomic mass is 9.86. The van der Waals surface area contributed by atoms with Gasteiger partial charge in [0.05, 0.1) is 6.20 Å². The van der Waals surface area contributed by atoms with Crippen molar-refractivity contribution in [3.8, 4) is 22.6 Å². The lowest BCUT2D eigenvalue weighted by molar-refractivity contribution is 0.105. The Morgan fingerprint density at radius 2 is 2.00 bits per heavy atom. The molecular formula is C20H26N2O2. The van der Waals surface area contributed by atoms with Gasteiger partial charge in [0, 0.05) is 23.4 Å². The lowest BCUT2D eigenvalue weighted by Crippen LogP contribution is -2.30. The first-order valence-electron chi connectivity index (χ1n) is 8.53. The van der Waals surface area contributed by atoms with Crippen molar-refractivity contribution in [1.29, 1.82) is 0 Å². The van der Waals surface area contributed by atoms with Gasteiger partial charge in [-0.15, -0.1) is 0 Å². The molecule has 128 valence electrons. The highest BCUT2D eigenvalue weighted by atomic mass is 16.5. The van der Waals surface area contributed by atoms with Crippen molar-refractivity contribution >= 4 is 0 Å². The van der Waals surface area contributed by atoms with E-state index in [0.717, 1.165) is 29.0 Å². The molecule has 2 heterocycles. The minimum atomic E-state index is -0.426. The topological polar surface area (TPSA) is 57.4 Å². The number of fused-ring (bicyclic) bond motifs is 3. The monoisotopic (exact) mass is 326 g/mol. The van der Waals surface area contributed by atoms with E-state index in [2.05, 4.69) is 44.8 Å². The molecule has 0 aliphatic carbocycles. The van der Waals surface area contributed by atoms with Crippen molar-refractivity contribution in [2.24, 2.45) is 11.7 Å². The normalized spacial score (nSPS) is 16.1. The second-order valence-corrected chi connectivity index (χ2v) is 7.39. The predicted octanol–water partition coefficient (Wildman–Crippen LogP) is 4.13. The standard InChI is InChI=1S/C20H26N2O2/c1-13(2)9-14(21)12-23-15-5-6-16-17-7-8-22-11-19(17)24-20(3,4)18(16)10-15/h5-8,10-11,13-14H,9,12,21H2,1-4H3/t14-/m0/s1. The van der Waals surface area contributed by atoms with Crippen LogP contribution < -0.4 is 15.2 Å². The molecular weight excluding hydrogens is 300 g/mol. The maximum atomic E-state index is 6.14. The first kappa shape index (κ1) is 16.8. The van der Waals surface area contributed by atoms with Gasteiger partial charge in [0.2, 0.25) is 0 Å². The van der Waals surface area contributed by atoms with E-state index in [1.54, 1.807) is 12.4 Å². The molecule has 0 fully saturated rings. The van der Waals surface area contributed by atoms with E-state index < -0.39 is 5.60 Å². The van der Waals surface area contributed by atoms with Crippen LogP contribution in [0.4, 0.5) is 0 Å². The molecule has 2 N–H and O–H groups in total. The minimum Gasteiger partial charge on any atom is -0.492 e. The summed E-state index contributed by atoms with van der Waals surface area (Å²) in [4.78, 5) is 4.16. The van der Waals surface area contributed by atoms with Crippen LogP contribution in [0, 0.1) is 5.92 Å². The van der Waals surface area contributed by atoms with E-state index >= 15 is 0 Å². The molecule has 1 aliphatic rings. The first-order chi connectivity index (χ1) is 11.4. The number of aromatic nitrogens is 1. The van der Waals surface area contributed by atoms with Crippen molar-refractivity contribution in [3.63, 3.8) is 0 Å². The van der Waals surface area contributed by atoms with Crippen molar-refractivity contribution < 1.29 is 9.47 Å². The molecule has 0 bridgehead atoms. The Bertz CT molecular complexity index is 725. The van der Waals surface area contributed by atoms with Gasteiger partial charge in [0.15, 0.2) is 0 Å². The van der Waals surface area contributed by atoms with Crippen LogP contribution in [0.15, 0.2) is 36.7 Å². The predicted molar refractivity (Wildman–Crippen MR) is 96.3 cm³/mol. The summed E-state index contributed by atoms with van der Waals surface area (Å²) in [6.07, 6.45) is 4.52.